The highest BCUT2D eigenvalue weighted by molar-refractivity contribution is 5.14. The van der Waals surface area contributed by atoms with Crippen molar-refractivity contribution in [1.82, 2.24) is 4.90 Å². The molecule has 0 aliphatic carbocycles. The summed E-state index contributed by atoms with van der Waals surface area (Å²) in [6.45, 7) is 19.6. The molecule has 0 aliphatic rings. The van der Waals surface area contributed by atoms with E-state index in [1.54, 1.807) is 5.57 Å². The lowest BCUT2D eigenvalue weighted by atomic mass is 9.87. The van der Waals surface area contributed by atoms with Crippen LogP contribution in [0, 0.1) is 5.92 Å². The fourth-order valence-electron chi connectivity index (χ4n) is 8.51. The van der Waals surface area contributed by atoms with Gasteiger partial charge < -0.3 is 0 Å². The van der Waals surface area contributed by atoms with Crippen LogP contribution in [0.4, 0.5) is 0 Å². The zero-order chi connectivity index (χ0) is 39.0. The summed E-state index contributed by atoms with van der Waals surface area (Å²) in [6, 6.07) is 11.2. The number of nitrogens with zero attached hydrogens (tertiary/aromatic N) is 1. The molecule has 1 nitrogen and oxygen atoms in total. The van der Waals surface area contributed by atoms with Crippen LogP contribution in [0.3, 0.4) is 0 Å². The zero-order valence-electron chi connectivity index (χ0n) is 37.4. The van der Waals surface area contributed by atoms with Crippen molar-refractivity contribution in [3.8, 4) is 0 Å². The van der Waals surface area contributed by atoms with E-state index in [2.05, 4.69) is 69.2 Å². The molecule has 0 atom stereocenters. The smallest absolute Gasteiger partial charge is 0.0233 e. The van der Waals surface area contributed by atoms with Crippen molar-refractivity contribution < 1.29 is 0 Å². The van der Waals surface area contributed by atoms with E-state index in [-0.39, 0.29) is 0 Å². The molecule has 0 saturated carbocycles. The molecule has 1 aromatic rings. The maximum atomic E-state index is 4.60. The maximum Gasteiger partial charge on any atom is 0.0233 e. The number of hydrogen-bond acceptors (Lipinski definition) is 1. The van der Waals surface area contributed by atoms with E-state index in [0.29, 0.717) is 0 Å². The van der Waals surface area contributed by atoms with E-state index >= 15 is 0 Å². The SMILES string of the molecule is C=C(CCCCCCCCCC)CCCCCCCN(CCCCCCCC(=C)CC(CCCCCCCC)CCCCCCCC)Cc1ccccc1. The van der Waals surface area contributed by atoms with E-state index in [1.807, 2.05) is 0 Å². The third-order valence-corrected chi connectivity index (χ3v) is 12.2. The highest BCUT2D eigenvalue weighted by Gasteiger charge is 2.11. The van der Waals surface area contributed by atoms with Crippen LogP contribution in [-0.4, -0.2) is 18.0 Å². The number of rotatable bonds is 43. The first-order valence-electron chi connectivity index (χ1n) is 24.7. The predicted octanol–water partition coefficient (Wildman–Crippen LogP) is 18.3. The van der Waals surface area contributed by atoms with Gasteiger partial charge in [-0.3, -0.25) is 4.90 Å². The van der Waals surface area contributed by atoms with Crippen LogP contribution in [0.5, 0.6) is 0 Å². The largest absolute Gasteiger partial charge is 0.299 e. The second-order valence-electron chi connectivity index (χ2n) is 17.7. The van der Waals surface area contributed by atoms with Crippen LogP contribution in [0.25, 0.3) is 0 Å². The fourth-order valence-corrected chi connectivity index (χ4v) is 8.51. The minimum absolute atomic E-state index is 0.889. The Hall–Kier alpha value is -1.34. The number of allylic oxidation sites excluding steroid dienone is 2. The van der Waals surface area contributed by atoms with Gasteiger partial charge >= 0.3 is 0 Å². The van der Waals surface area contributed by atoms with Crippen LogP contribution in [0.2, 0.25) is 0 Å². The molecule has 0 unspecified atom stereocenters. The molecule has 1 rings (SSSR count). The average molecular weight is 748 g/mol. The van der Waals surface area contributed by atoms with Gasteiger partial charge in [-0.1, -0.05) is 249 Å². The van der Waals surface area contributed by atoms with E-state index in [9.17, 15) is 0 Å². The molecular formula is C53H97N. The maximum absolute atomic E-state index is 4.60. The molecule has 54 heavy (non-hydrogen) atoms. The molecule has 0 saturated heterocycles. The molecule has 0 N–H and O–H groups in total. The Morgan fingerprint density at radius 3 is 1.20 bits per heavy atom. The fraction of sp³-hybridized carbons (Fsp3) is 0.811. The topological polar surface area (TPSA) is 3.24 Å². The summed E-state index contributed by atoms with van der Waals surface area (Å²) in [5.41, 5.74) is 4.53. The summed E-state index contributed by atoms with van der Waals surface area (Å²) in [5.74, 6) is 0.889. The summed E-state index contributed by atoms with van der Waals surface area (Å²) in [5, 5.41) is 0. The van der Waals surface area contributed by atoms with Crippen molar-refractivity contribution in [2.75, 3.05) is 13.1 Å². The summed E-state index contributed by atoms with van der Waals surface area (Å²) in [6.07, 6.45) is 49.9. The Bertz CT molecular complexity index is 900. The van der Waals surface area contributed by atoms with Crippen molar-refractivity contribution in [2.45, 2.75) is 258 Å². The second-order valence-corrected chi connectivity index (χ2v) is 17.7. The third-order valence-electron chi connectivity index (χ3n) is 12.2. The molecule has 0 amide bonds. The minimum atomic E-state index is 0.889. The lowest BCUT2D eigenvalue weighted by Gasteiger charge is -2.22. The molecule has 1 aromatic carbocycles. The number of benzene rings is 1. The molecule has 1 heteroatoms. The van der Waals surface area contributed by atoms with Crippen molar-refractivity contribution in [3.05, 3.63) is 60.2 Å². The van der Waals surface area contributed by atoms with Gasteiger partial charge in [0.25, 0.3) is 0 Å². The number of unbranched alkanes of at least 4 members (excludes halogenated alkanes) is 25. The highest BCUT2D eigenvalue weighted by atomic mass is 15.1. The van der Waals surface area contributed by atoms with Crippen LogP contribution in [-0.2, 0) is 6.54 Å². The van der Waals surface area contributed by atoms with Crippen molar-refractivity contribution in [3.63, 3.8) is 0 Å². The lowest BCUT2D eigenvalue weighted by Crippen LogP contribution is -2.25. The van der Waals surface area contributed by atoms with E-state index in [0.717, 1.165) is 12.5 Å². The van der Waals surface area contributed by atoms with Gasteiger partial charge in [-0.2, -0.15) is 0 Å². The molecule has 0 bridgehead atoms. The minimum Gasteiger partial charge on any atom is -0.299 e. The second kappa shape index (κ2) is 39.9. The van der Waals surface area contributed by atoms with Gasteiger partial charge in [-0.25, -0.2) is 0 Å². The normalized spacial score (nSPS) is 11.6. The lowest BCUT2D eigenvalue weighted by molar-refractivity contribution is 0.252. The monoisotopic (exact) mass is 748 g/mol. The Labute approximate surface area is 341 Å². The summed E-state index contributed by atoms with van der Waals surface area (Å²) < 4.78 is 0. The van der Waals surface area contributed by atoms with E-state index in [1.165, 1.54) is 255 Å². The Morgan fingerprint density at radius 1 is 0.426 bits per heavy atom. The van der Waals surface area contributed by atoms with E-state index < -0.39 is 0 Å². The predicted molar refractivity (Wildman–Crippen MR) is 247 cm³/mol. The van der Waals surface area contributed by atoms with Crippen molar-refractivity contribution in [2.24, 2.45) is 5.92 Å². The van der Waals surface area contributed by atoms with Gasteiger partial charge in [0.2, 0.25) is 0 Å². The molecule has 0 radical (unpaired) electrons. The first-order chi connectivity index (χ1) is 26.6. The van der Waals surface area contributed by atoms with Gasteiger partial charge in [-0.15, -0.1) is 0 Å². The first kappa shape index (κ1) is 50.7. The molecule has 0 aliphatic heterocycles. The molecule has 0 aromatic heterocycles. The quantitative estimate of drug-likeness (QED) is 0.0475. The van der Waals surface area contributed by atoms with Gasteiger partial charge in [0.15, 0.2) is 0 Å². The standard InChI is InChI=1S/C53H97N/c1-6-9-12-15-18-19-22-30-39-50(4)40-31-23-20-27-37-46-54(49-53-44-35-29-36-45-53)47-38-28-21-24-32-41-51(5)48-52(42-33-25-16-13-10-7-2)43-34-26-17-14-11-8-3/h29,35-36,44-45,52H,4-28,30-34,37-43,46-49H2,1-3H3. The Balaban J connectivity index is 2.24. The van der Waals surface area contributed by atoms with Gasteiger partial charge in [0, 0.05) is 6.54 Å². The highest BCUT2D eigenvalue weighted by Crippen LogP contribution is 2.27. The third kappa shape index (κ3) is 34.0. The van der Waals surface area contributed by atoms with Crippen LogP contribution in [0.15, 0.2) is 54.6 Å². The first-order valence-corrected chi connectivity index (χ1v) is 24.7. The van der Waals surface area contributed by atoms with Crippen molar-refractivity contribution in [1.29, 1.82) is 0 Å². The average Bonchev–Trinajstić information content (AvgIpc) is 3.17. The van der Waals surface area contributed by atoms with Crippen molar-refractivity contribution >= 4 is 0 Å². The van der Waals surface area contributed by atoms with E-state index in [4.69, 9.17) is 0 Å². The molecule has 0 fully saturated rings. The van der Waals surface area contributed by atoms with Crippen LogP contribution >= 0.6 is 0 Å². The molecular weight excluding hydrogens is 651 g/mol. The van der Waals surface area contributed by atoms with Crippen LogP contribution in [0.1, 0.15) is 257 Å². The zero-order valence-corrected chi connectivity index (χ0v) is 37.4. The van der Waals surface area contributed by atoms with Gasteiger partial charge in [0.05, 0.1) is 0 Å². The van der Waals surface area contributed by atoms with Crippen LogP contribution < -0.4 is 0 Å². The molecule has 0 spiro atoms. The molecule has 314 valence electrons. The summed E-state index contributed by atoms with van der Waals surface area (Å²) >= 11 is 0. The summed E-state index contributed by atoms with van der Waals surface area (Å²) in [7, 11) is 0. The molecule has 0 heterocycles. The van der Waals surface area contributed by atoms with Gasteiger partial charge in [-0.05, 0) is 82.4 Å². The van der Waals surface area contributed by atoms with Gasteiger partial charge in [0.1, 0.15) is 0 Å². The summed E-state index contributed by atoms with van der Waals surface area (Å²) in [4.78, 5) is 2.75. The Kier molecular flexibility index (Phi) is 37.4. The Morgan fingerprint density at radius 2 is 0.778 bits per heavy atom. The number of hydrogen-bond donors (Lipinski definition) is 0.